The normalized spacial score (nSPS) is 18.8. The maximum Gasteiger partial charge on any atom is 0.308 e. The summed E-state index contributed by atoms with van der Waals surface area (Å²) in [5, 5.41) is 9.66. The molecule has 1 heterocycles. The zero-order valence-corrected chi connectivity index (χ0v) is 15.8. The molecule has 1 aromatic rings. The Labute approximate surface area is 162 Å². The lowest BCUT2D eigenvalue weighted by Crippen LogP contribution is -2.27. The highest BCUT2D eigenvalue weighted by atomic mass is 16.6. The summed E-state index contributed by atoms with van der Waals surface area (Å²) in [6.07, 6.45) is 1.60. The number of allylic oxidation sites excluding steroid dienone is 3. The Morgan fingerprint density at radius 3 is 2.43 bits per heavy atom. The zero-order chi connectivity index (χ0) is 20.4. The van der Waals surface area contributed by atoms with Crippen molar-refractivity contribution in [1.82, 2.24) is 0 Å². The summed E-state index contributed by atoms with van der Waals surface area (Å²) in [6, 6.07) is 5.26. The molecule has 8 nitrogen and oxygen atoms in total. The van der Waals surface area contributed by atoms with Crippen molar-refractivity contribution in [1.29, 1.82) is 5.26 Å². The van der Waals surface area contributed by atoms with Crippen molar-refractivity contribution in [3.63, 3.8) is 0 Å². The molecule has 0 unspecified atom stereocenters. The number of Topliss-reactive ketones (excluding diaryl/α,β-unsaturated/α-hetero) is 1. The Hall–Kier alpha value is -3.47. The maximum absolute atomic E-state index is 12.7. The minimum atomic E-state index is -0.712. The van der Waals surface area contributed by atoms with E-state index in [1.54, 1.807) is 12.1 Å². The van der Waals surface area contributed by atoms with E-state index in [1.807, 2.05) is 0 Å². The number of benzene rings is 1. The summed E-state index contributed by atoms with van der Waals surface area (Å²) in [7, 11) is 2.84. The van der Waals surface area contributed by atoms with Crippen LogP contribution in [0.4, 0.5) is 0 Å². The van der Waals surface area contributed by atoms with Crippen LogP contribution in [0, 0.1) is 11.3 Å². The van der Waals surface area contributed by atoms with Gasteiger partial charge in [-0.1, -0.05) is 0 Å². The molecule has 0 spiro atoms. The predicted molar refractivity (Wildman–Crippen MR) is 97.4 cm³/mol. The van der Waals surface area contributed by atoms with Gasteiger partial charge in [0.2, 0.25) is 11.6 Å². The van der Waals surface area contributed by atoms with E-state index in [2.05, 4.69) is 6.07 Å². The summed E-state index contributed by atoms with van der Waals surface area (Å²) in [6.45, 7) is 1.26. The molecule has 0 radical (unpaired) electrons. The Kier molecular flexibility index (Phi) is 5.27. The summed E-state index contributed by atoms with van der Waals surface area (Å²) < 4.78 is 21.5. The standard InChI is InChI=1S/C20H20N2O6/c1-10(23)27-19-15(25-2)7-11(8-16(19)26-3)17-12(9-21)20(22)28-14-6-4-5-13(24)18(14)17/h7-8,17H,4-6,22H2,1-3H3/t17-/m1/s1. The lowest BCUT2D eigenvalue weighted by molar-refractivity contribution is -0.132. The van der Waals surface area contributed by atoms with Crippen molar-refractivity contribution in [3.05, 3.63) is 40.5 Å². The predicted octanol–water partition coefficient (Wildman–Crippen LogP) is 2.44. The van der Waals surface area contributed by atoms with E-state index in [0.717, 1.165) is 0 Å². The number of nitriles is 1. The van der Waals surface area contributed by atoms with Gasteiger partial charge < -0.3 is 24.7 Å². The van der Waals surface area contributed by atoms with Gasteiger partial charge in [0, 0.05) is 25.3 Å². The van der Waals surface area contributed by atoms with Gasteiger partial charge in [-0.3, -0.25) is 9.59 Å². The first-order valence-electron chi connectivity index (χ1n) is 8.69. The number of nitrogens with zero attached hydrogens (tertiary/aromatic N) is 1. The summed E-state index contributed by atoms with van der Waals surface area (Å²) in [4.78, 5) is 24.1. The van der Waals surface area contributed by atoms with Crippen molar-refractivity contribution in [2.75, 3.05) is 14.2 Å². The number of carbonyl (C=O) groups is 2. The molecular weight excluding hydrogens is 364 g/mol. The van der Waals surface area contributed by atoms with Crippen LogP contribution in [0.15, 0.2) is 34.9 Å². The lowest BCUT2D eigenvalue weighted by Gasteiger charge is -2.31. The highest BCUT2D eigenvalue weighted by Gasteiger charge is 2.38. The third-order valence-electron chi connectivity index (χ3n) is 4.67. The molecule has 0 saturated carbocycles. The fourth-order valence-corrected chi connectivity index (χ4v) is 3.50. The van der Waals surface area contributed by atoms with Crippen molar-refractivity contribution < 1.29 is 28.5 Å². The summed E-state index contributed by atoms with van der Waals surface area (Å²) in [5.74, 6) is -0.292. The van der Waals surface area contributed by atoms with Crippen LogP contribution >= 0.6 is 0 Å². The Balaban J connectivity index is 2.23. The van der Waals surface area contributed by atoms with Gasteiger partial charge in [0.15, 0.2) is 17.3 Å². The molecule has 1 aliphatic heterocycles. The smallest absolute Gasteiger partial charge is 0.308 e. The average molecular weight is 384 g/mol. The molecule has 3 rings (SSSR count). The van der Waals surface area contributed by atoms with Crippen LogP contribution in [0.25, 0.3) is 0 Å². The van der Waals surface area contributed by atoms with Crippen LogP contribution in [-0.4, -0.2) is 26.0 Å². The SMILES string of the molecule is COc1cc([C@@H]2C(C#N)=C(N)OC3=C2C(=O)CCC3)cc(OC)c1OC(C)=O. The zero-order valence-electron chi connectivity index (χ0n) is 15.8. The van der Waals surface area contributed by atoms with Crippen LogP contribution < -0.4 is 19.9 Å². The van der Waals surface area contributed by atoms with Gasteiger partial charge in [-0.25, -0.2) is 0 Å². The number of methoxy groups -OCH3 is 2. The minimum absolute atomic E-state index is 0.0250. The van der Waals surface area contributed by atoms with E-state index < -0.39 is 11.9 Å². The molecule has 1 aromatic carbocycles. The van der Waals surface area contributed by atoms with Gasteiger partial charge in [-0.15, -0.1) is 0 Å². The van der Waals surface area contributed by atoms with Crippen LogP contribution in [0.1, 0.15) is 37.7 Å². The van der Waals surface area contributed by atoms with Crippen molar-refractivity contribution >= 4 is 11.8 Å². The summed E-state index contributed by atoms with van der Waals surface area (Å²) in [5.41, 5.74) is 7.07. The van der Waals surface area contributed by atoms with Gasteiger partial charge in [-0.2, -0.15) is 5.26 Å². The van der Waals surface area contributed by atoms with Crippen molar-refractivity contribution in [2.45, 2.75) is 32.1 Å². The summed E-state index contributed by atoms with van der Waals surface area (Å²) >= 11 is 0. The van der Waals surface area contributed by atoms with E-state index in [-0.39, 0.29) is 34.5 Å². The maximum atomic E-state index is 12.7. The van der Waals surface area contributed by atoms with E-state index in [9.17, 15) is 14.9 Å². The average Bonchev–Trinajstić information content (AvgIpc) is 2.66. The quantitative estimate of drug-likeness (QED) is 0.621. The van der Waals surface area contributed by atoms with Gasteiger partial charge in [-0.05, 0) is 24.1 Å². The van der Waals surface area contributed by atoms with E-state index >= 15 is 0 Å². The van der Waals surface area contributed by atoms with Gasteiger partial charge in [0.25, 0.3) is 0 Å². The molecule has 1 aliphatic carbocycles. The van der Waals surface area contributed by atoms with E-state index in [4.69, 9.17) is 24.7 Å². The molecule has 0 amide bonds. The monoisotopic (exact) mass is 384 g/mol. The number of nitrogens with two attached hydrogens (primary N) is 1. The second-order valence-corrected chi connectivity index (χ2v) is 6.39. The largest absolute Gasteiger partial charge is 0.493 e. The van der Waals surface area contributed by atoms with Crippen molar-refractivity contribution in [3.8, 4) is 23.3 Å². The van der Waals surface area contributed by atoms with Crippen LogP contribution in [-0.2, 0) is 14.3 Å². The lowest BCUT2D eigenvalue weighted by atomic mass is 9.77. The molecule has 28 heavy (non-hydrogen) atoms. The number of hydrogen-bond donors (Lipinski definition) is 1. The third kappa shape index (κ3) is 3.27. The molecule has 1 atom stereocenters. The molecule has 8 heteroatoms. The Morgan fingerprint density at radius 1 is 1.25 bits per heavy atom. The fraction of sp³-hybridized carbons (Fsp3) is 0.350. The second kappa shape index (κ2) is 7.64. The number of carbonyl (C=O) groups excluding carboxylic acids is 2. The molecule has 146 valence electrons. The molecule has 0 aromatic heterocycles. The highest BCUT2D eigenvalue weighted by Crippen LogP contribution is 2.47. The van der Waals surface area contributed by atoms with Gasteiger partial charge >= 0.3 is 5.97 Å². The van der Waals surface area contributed by atoms with Gasteiger partial charge in [0.1, 0.15) is 17.4 Å². The minimum Gasteiger partial charge on any atom is -0.493 e. The van der Waals surface area contributed by atoms with Crippen molar-refractivity contribution in [2.24, 2.45) is 5.73 Å². The van der Waals surface area contributed by atoms with Crippen LogP contribution in [0.5, 0.6) is 17.2 Å². The van der Waals surface area contributed by atoms with Crippen LogP contribution in [0.2, 0.25) is 0 Å². The first-order valence-corrected chi connectivity index (χ1v) is 8.69. The number of ketones is 1. The van der Waals surface area contributed by atoms with E-state index in [0.29, 0.717) is 36.2 Å². The van der Waals surface area contributed by atoms with Gasteiger partial charge in [0.05, 0.1) is 20.1 Å². The second-order valence-electron chi connectivity index (χ2n) is 6.39. The number of hydrogen-bond acceptors (Lipinski definition) is 8. The first kappa shape index (κ1) is 19.3. The molecule has 2 aliphatic rings. The van der Waals surface area contributed by atoms with E-state index in [1.165, 1.54) is 21.1 Å². The first-order chi connectivity index (χ1) is 13.4. The Morgan fingerprint density at radius 2 is 1.89 bits per heavy atom. The third-order valence-corrected chi connectivity index (χ3v) is 4.67. The molecule has 0 bridgehead atoms. The number of rotatable bonds is 4. The van der Waals surface area contributed by atoms with Crippen LogP contribution in [0.3, 0.4) is 0 Å². The molecule has 0 fully saturated rings. The molecular formula is C20H20N2O6. The topological polar surface area (TPSA) is 121 Å². The molecule has 2 N–H and O–H groups in total. The number of esters is 1. The highest BCUT2D eigenvalue weighted by molar-refractivity contribution is 5.99. The molecule has 0 saturated heterocycles. The Bertz CT molecular complexity index is 929. The fourth-order valence-electron chi connectivity index (χ4n) is 3.50. The number of ether oxygens (including phenoxy) is 4.